The zero-order valence-corrected chi connectivity index (χ0v) is 11.4. The van der Waals surface area contributed by atoms with E-state index in [9.17, 15) is 4.79 Å². The second-order valence-electron chi connectivity index (χ2n) is 5.65. The van der Waals surface area contributed by atoms with Gasteiger partial charge in [0.2, 0.25) is 5.91 Å². The molecular formula is C14H23N3O. The summed E-state index contributed by atoms with van der Waals surface area (Å²) in [5, 5.41) is 10.0. The van der Waals surface area contributed by atoms with Crippen LogP contribution in [0.15, 0.2) is 6.20 Å². The lowest BCUT2D eigenvalue weighted by Crippen LogP contribution is -2.37. The summed E-state index contributed by atoms with van der Waals surface area (Å²) in [6.07, 6.45) is 8.28. The first-order chi connectivity index (χ1) is 8.62. The van der Waals surface area contributed by atoms with E-state index >= 15 is 0 Å². The highest BCUT2D eigenvalue weighted by Gasteiger charge is 2.35. The first kappa shape index (κ1) is 13.1. The topological polar surface area (TPSA) is 57.8 Å². The van der Waals surface area contributed by atoms with Crippen LogP contribution in [0.5, 0.6) is 0 Å². The smallest absolute Gasteiger partial charge is 0.225 e. The predicted octanol–water partition coefficient (Wildman–Crippen LogP) is 2.35. The lowest BCUT2D eigenvalue weighted by atomic mass is 9.88. The van der Waals surface area contributed by atoms with Crippen LogP contribution < -0.4 is 5.32 Å². The van der Waals surface area contributed by atoms with Crippen molar-refractivity contribution in [3.8, 4) is 0 Å². The molecule has 0 radical (unpaired) electrons. The maximum Gasteiger partial charge on any atom is 0.225 e. The van der Waals surface area contributed by atoms with E-state index in [1.54, 1.807) is 0 Å². The highest BCUT2D eigenvalue weighted by Crippen LogP contribution is 2.37. The van der Waals surface area contributed by atoms with Crippen LogP contribution in [0.4, 0.5) is 0 Å². The van der Waals surface area contributed by atoms with Gasteiger partial charge in [-0.1, -0.05) is 19.8 Å². The van der Waals surface area contributed by atoms with Gasteiger partial charge in [-0.15, -0.1) is 0 Å². The standard InChI is InChI=1S/C14H23N3O/c1-11-12(10-16-17-11)6-5-9-15-13(18)14(2)7-3-4-8-14/h10H,3-9H2,1-2H3,(H,15,18)(H,16,17). The second kappa shape index (κ2) is 5.55. The van der Waals surface area contributed by atoms with Crippen molar-refractivity contribution in [2.75, 3.05) is 6.54 Å². The van der Waals surface area contributed by atoms with Gasteiger partial charge in [0.05, 0.1) is 6.20 Å². The van der Waals surface area contributed by atoms with Crippen molar-refractivity contribution in [1.29, 1.82) is 0 Å². The van der Waals surface area contributed by atoms with E-state index in [2.05, 4.69) is 22.4 Å². The van der Waals surface area contributed by atoms with Crippen LogP contribution in [0.25, 0.3) is 0 Å². The molecule has 18 heavy (non-hydrogen) atoms. The van der Waals surface area contributed by atoms with Gasteiger partial charge in [-0.25, -0.2) is 0 Å². The largest absolute Gasteiger partial charge is 0.356 e. The quantitative estimate of drug-likeness (QED) is 0.787. The molecule has 1 heterocycles. The molecule has 0 unspecified atom stereocenters. The van der Waals surface area contributed by atoms with Crippen molar-refractivity contribution in [3.63, 3.8) is 0 Å². The summed E-state index contributed by atoms with van der Waals surface area (Å²) >= 11 is 0. The number of aromatic amines is 1. The number of nitrogens with one attached hydrogen (secondary N) is 2. The molecule has 0 aliphatic heterocycles. The van der Waals surface area contributed by atoms with E-state index in [-0.39, 0.29) is 11.3 Å². The minimum atomic E-state index is -0.106. The van der Waals surface area contributed by atoms with E-state index in [4.69, 9.17) is 0 Å². The Morgan fingerprint density at radius 2 is 2.22 bits per heavy atom. The summed E-state index contributed by atoms with van der Waals surface area (Å²) in [7, 11) is 0. The van der Waals surface area contributed by atoms with Gasteiger partial charge in [-0.05, 0) is 38.2 Å². The number of aryl methyl sites for hydroxylation is 2. The number of aromatic nitrogens is 2. The Bertz CT molecular complexity index is 405. The Morgan fingerprint density at radius 1 is 1.50 bits per heavy atom. The highest BCUT2D eigenvalue weighted by molar-refractivity contribution is 5.82. The van der Waals surface area contributed by atoms with Crippen LogP contribution in [-0.2, 0) is 11.2 Å². The third kappa shape index (κ3) is 2.92. The molecular weight excluding hydrogens is 226 g/mol. The number of H-pyrrole nitrogens is 1. The lowest BCUT2D eigenvalue weighted by molar-refractivity contribution is -0.129. The zero-order valence-electron chi connectivity index (χ0n) is 11.4. The molecule has 1 saturated carbocycles. The third-order valence-corrected chi connectivity index (χ3v) is 4.10. The Balaban J connectivity index is 1.69. The van der Waals surface area contributed by atoms with Gasteiger partial charge >= 0.3 is 0 Å². The molecule has 2 rings (SSSR count). The Morgan fingerprint density at radius 3 is 2.83 bits per heavy atom. The number of rotatable bonds is 5. The molecule has 0 bridgehead atoms. The van der Waals surface area contributed by atoms with Gasteiger partial charge in [0.1, 0.15) is 0 Å². The first-order valence-electron chi connectivity index (χ1n) is 6.89. The van der Waals surface area contributed by atoms with Crippen LogP contribution >= 0.6 is 0 Å². The van der Waals surface area contributed by atoms with Crippen molar-refractivity contribution in [2.24, 2.45) is 5.41 Å². The summed E-state index contributed by atoms with van der Waals surface area (Å²) in [4.78, 5) is 12.1. The SMILES string of the molecule is Cc1[nH]ncc1CCCNC(=O)C1(C)CCCC1. The monoisotopic (exact) mass is 249 g/mol. The molecule has 1 fully saturated rings. The van der Waals surface area contributed by atoms with Gasteiger partial charge in [0, 0.05) is 17.7 Å². The molecule has 1 aliphatic rings. The molecule has 0 saturated heterocycles. The normalized spacial score (nSPS) is 17.9. The third-order valence-electron chi connectivity index (χ3n) is 4.10. The molecule has 2 N–H and O–H groups in total. The van der Waals surface area contributed by atoms with E-state index in [1.807, 2.05) is 13.1 Å². The van der Waals surface area contributed by atoms with Gasteiger partial charge in [0.15, 0.2) is 0 Å². The average Bonchev–Trinajstić information content (AvgIpc) is 2.95. The van der Waals surface area contributed by atoms with Crippen LogP contribution in [0.2, 0.25) is 0 Å². The Labute approximate surface area is 109 Å². The predicted molar refractivity (Wildman–Crippen MR) is 71.2 cm³/mol. The first-order valence-corrected chi connectivity index (χ1v) is 6.89. The number of carbonyl (C=O) groups excluding carboxylic acids is 1. The lowest BCUT2D eigenvalue weighted by Gasteiger charge is -2.22. The van der Waals surface area contributed by atoms with Crippen molar-refractivity contribution < 1.29 is 4.79 Å². The number of amides is 1. The Hall–Kier alpha value is -1.32. The van der Waals surface area contributed by atoms with Crippen molar-refractivity contribution >= 4 is 5.91 Å². The maximum absolute atomic E-state index is 12.1. The number of hydrogen-bond donors (Lipinski definition) is 2. The zero-order chi connectivity index (χ0) is 13.0. The number of carbonyl (C=O) groups is 1. The van der Waals surface area contributed by atoms with E-state index in [0.29, 0.717) is 0 Å². The van der Waals surface area contributed by atoms with Crippen molar-refractivity contribution in [3.05, 3.63) is 17.5 Å². The molecule has 4 heteroatoms. The average molecular weight is 249 g/mol. The summed E-state index contributed by atoms with van der Waals surface area (Å²) in [5.41, 5.74) is 2.27. The van der Waals surface area contributed by atoms with Gasteiger partial charge in [-0.3, -0.25) is 9.89 Å². The minimum Gasteiger partial charge on any atom is -0.356 e. The molecule has 1 aliphatic carbocycles. The van der Waals surface area contributed by atoms with Crippen LogP contribution in [0, 0.1) is 12.3 Å². The summed E-state index contributed by atoms with van der Waals surface area (Å²) in [6, 6.07) is 0. The van der Waals surface area contributed by atoms with Gasteiger partial charge in [-0.2, -0.15) is 5.10 Å². The fraction of sp³-hybridized carbons (Fsp3) is 0.714. The molecule has 0 aromatic carbocycles. The molecule has 1 aromatic rings. The fourth-order valence-corrected chi connectivity index (χ4v) is 2.70. The maximum atomic E-state index is 12.1. The number of nitrogens with zero attached hydrogens (tertiary/aromatic N) is 1. The van der Waals surface area contributed by atoms with Gasteiger partial charge in [0.25, 0.3) is 0 Å². The molecule has 100 valence electrons. The van der Waals surface area contributed by atoms with Crippen LogP contribution in [-0.4, -0.2) is 22.6 Å². The fourth-order valence-electron chi connectivity index (χ4n) is 2.70. The molecule has 0 spiro atoms. The van der Waals surface area contributed by atoms with E-state index < -0.39 is 0 Å². The summed E-state index contributed by atoms with van der Waals surface area (Å²) in [5.74, 6) is 0.240. The Kier molecular flexibility index (Phi) is 4.04. The van der Waals surface area contributed by atoms with Crippen molar-refractivity contribution in [1.82, 2.24) is 15.5 Å². The minimum absolute atomic E-state index is 0.106. The molecule has 0 atom stereocenters. The summed E-state index contributed by atoms with van der Waals surface area (Å²) in [6.45, 7) is 4.88. The molecule has 1 aromatic heterocycles. The van der Waals surface area contributed by atoms with Crippen molar-refractivity contribution in [2.45, 2.75) is 52.4 Å². The van der Waals surface area contributed by atoms with E-state index in [0.717, 1.165) is 37.9 Å². The summed E-state index contributed by atoms with van der Waals surface area (Å²) < 4.78 is 0. The molecule has 4 nitrogen and oxygen atoms in total. The van der Waals surface area contributed by atoms with E-state index in [1.165, 1.54) is 18.4 Å². The molecule has 1 amide bonds. The van der Waals surface area contributed by atoms with Crippen LogP contribution in [0.3, 0.4) is 0 Å². The second-order valence-corrected chi connectivity index (χ2v) is 5.65. The number of hydrogen-bond acceptors (Lipinski definition) is 2. The van der Waals surface area contributed by atoms with Crippen LogP contribution in [0.1, 0.15) is 50.3 Å². The van der Waals surface area contributed by atoms with Gasteiger partial charge < -0.3 is 5.32 Å². The highest BCUT2D eigenvalue weighted by atomic mass is 16.2.